The summed E-state index contributed by atoms with van der Waals surface area (Å²) in [5.74, 6) is 0.132. The molecule has 2 aliphatic rings. The molecule has 3 nitrogen and oxygen atoms in total. The minimum absolute atomic E-state index is 0.132. The van der Waals surface area contributed by atoms with Gasteiger partial charge in [0.15, 0.2) is 0 Å². The van der Waals surface area contributed by atoms with Crippen molar-refractivity contribution >= 4 is 11.5 Å². The van der Waals surface area contributed by atoms with Gasteiger partial charge < -0.3 is 10.6 Å². The third-order valence-electron chi connectivity index (χ3n) is 6.38. The summed E-state index contributed by atoms with van der Waals surface area (Å²) in [6, 6.07) is 15.0. The van der Waals surface area contributed by atoms with Crippen LogP contribution in [0.25, 0.3) is 5.70 Å². The first-order valence-corrected chi connectivity index (χ1v) is 11.8. The molecule has 1 aliphatic heterocycles. The Balaban J connectivity index is 0.000000222. The molecule has 0 bridgehead atoms. The van der Waals surface area contributed by atoms with Crippen molar-refractivity contribution in [3.05, 3.63) is 101 Å². The predicted molar refractivity (Wildman–Crippen MR) is 138 cm³/mol. The number of nitrogens with zero attached hydrogens (tertiary/aromatic N) is 1. The molecule has 0 aromatic heterocycles. The van der Waals surface area contributed by atoms with Gasteiger partial charge in [-0.25, -0.2) is 0 Å². The molecule has 168 valence electrons. The molecule has 0 radical (unpaired) electrons. The van der Waals surface area contributed by atoms with Crippen molar-refractivity contribution < 1.29 is 0 Å². The fraction of sp³-hybridized carbons (Fsp3) is 0.345. The highest BCUT2D eigenvalue weighted by molar-refractivity contribution is 5.94. The van der Waals surface area contributed by atoms with E-state index in [1.54, 1.807) is 0 Å². The van der Waals surface area contributed by atoms with Crippen LogP contribution in [0, 0.1) is 12.3 Å². The van der Waals surface area contributed by atoms with Gasteiger partial charge in [0.05, 0.1) is 6.04 Å². The Bertz CT molecular complexity index is 1010. The summed E-state index contributed by atoms with van der Waals surface area (Å²) in [6.07, 6.45) is 12.7. The zero-order valence-electron chi connectivity index (χ0n) is 19.8. The molecule has 1 unspecified atom stereocenters. The Hall–Kier alpha value is -3.07. The minimum Gasteiger partial charge on any atom is -0.384 e. The van der Waals surface area contributed by atoms with E-state index >= 15 is 0 Å². The Kier molecular flexibility index (Phi) is 8.10. The normalized spacial score (nSPS) is 15.9. The number of rotatable bonds is 5. The van der Waals surface area contributed by atoms with E-state index in [0.29, 0.717) is 6.04 Å². The molecule has 0 spiro atoms. The van der Waals surface area contributed by atoms with E-state index in [2.05, 4.69) is 68.7 Å². The van der Waals surface area contributed by atoms with Crippen LogP contribution in [0.4, 0.5) is 0 Å². The van der Waals surface area contributed by atoms with Gasteiger partial charge in [0.25, 0.3) is 0 Å². The standard InChI is InChI=1S/C20H25N.C9H12N2/c1-4-20(17-8-6-5-7-9-17)21-13-12-18-14-15(2)10-11-19(18)16(21)3;1-2-7-3-5-8(6-4-7)9(10)11/h6,8-11,14,20H,3-5,7,12-13H2,1-2H3;3-6H,2H2,1H3,(H3,10,11). The Labute approximate surface area is 193 Å². The highest BCUT2D eigenvalue weighted by atomic mass is 15.2. The molecule has 1 atom stereocenters. The van der Waals surface area contributed by atoms with Crippen molar-refractivity contribution in [2.75, 3.05) is 6.54 Å². The molecule has 0 saturated heterocycles. The summed E-state index contributed by atoms with van der Waals surface area (Å²) in [4.78, 5) is 2.51. The molecule has 2 aromatic carbocycles. The molecular weight excluding hydrogens is 390 g/mol. The molecule has 2 aromatic rings. The largest absolute Gasteiger partial charge is 0.384 e. The third-order valence-corrected chi connectivity index (χ3v) is 6.38. The molecule has 0 amide bonds. The molecule has 3 N–H and O–H groups in total. The van der Waals surface area contributed by atoms with E-state index in [4.69, 9.17) is 11.1 Å². The van der Waals surface area contributed by atoms with Crippen LogP contribution >= 0.6 is 0 Å². The highest BCUT2D eigenvalue weighted by Gasteiger charge is 2.26. The average molecular weight is 428 g/mol. The van der Waals surface area contributed by atoms with E-state index < -0.39 is 0 Å². The van der Waals surface area contributed by atoms with E-state index in [1.807, 2.05) is 24.3 Å². The van der Waals surface area contributed by atoms with Crippen molar-refractivity contribution in [2.24, 2.45) is 5.73 Å². The maximum Gasteiger partial charge on any atom is 0.122 e. The Morgan fingerprint density at radius 1 is 1.12 bits per heavy atom. The SMILES string of the molecule is C=C1c2ccc(C)cc2CCN1C(CC)C1=CCCC=C1.CCc1ccc(C(=N)N)cc1. The van der Waals surface area contributed by atoms with Gasteiger partial charge in [0.2, 0.25) is 0 Å². The van der Waals surface area contributed by atoms with Gasteiger partial charge >= 0.3 is 0 Å². The number of nitrogen functional groups attached to an aromatic ring is 1. The van der Waals surface area contributed by atoms with Crippen molar-refractivity contribution in [2.45, 2.75) is 58.9 Å². The van der Waals surface area contributed by atoms with E-state index in [0.717, 1.165) is 31.4 Å². The second-order valence-electron chi connectivity index (χ2n) is 8.62. The monoisotopic (exact) mass is 427 g/mol. The summed E-state index contributed by atoms with van der Waals surface area (Å²) < 4.78 is 0. The molecule has 1 heterocycles. The second-order valence-corrected chi connectivity index (χ2v) is 8.62. The first kappa shape index (κ1) is 23.6. The number of aryl methyl sites for hydroxylation is 2. The number of nitrogens with two attached hydrogens (primary N) is 1. The van der Waals surface area contributed by atoms with Gasteiger partial charge in [-0.3, -0.25) is 5.41 Å². The van der Waals surface area contributed by atoms with E-state index in [1.165, 1.54) is 46.4 Å². The van der Waals surface area contributed by atoms with Crippen LogP contribution in [0.3, 0.4) is 0 Å². The summed E-state index contributed by atoms with van der Waals surface area (Å²) in [5.41, 5.74) is 14.2. The third kappa shape index (κ3) is 5.59. The van der Waals surface area contributed by atoms with Crippen LogP contribution in [-0.2, 0) is 12.8 Å². The van der Waals surface area contributed by atoms with Gasteiger partial charge in [-0.15, -0.1) is 0 Å². The van der Waals surface area contributed by atoms with Gasteiger partial charge in [-0.1, -0.05) is 86.7 Å². The summed E-state index contributed by atoms with van der Waals surface area (Å²) in [6.45, 7) is 12.0. The van der Waals surface area contributed by atoms with Gasteiger partial charge in [-0.2, -0.15) is 0 Å². The maximum absolute atomic E-state index is 7.14. The zero-order valence-corrected chi connectivity index (χ0v) is 19.8. The molecule has 0 fully saturated rings. The van der Waals surface area contributed by atoms with Crippen LogP contribution < -0.4 is 5.73 Å². The quantitative estimate of drug-likeness (QED) is 0.428. The number of nitrogens with one attached hydrogen (secondary N) is 1. The summed E-state index contributed by atoms with van der Waals surface area (Å²) >= 11 is 0. The number of hydrogen-bond donors (Lipinski definition) is 2. The smallest absolute Gasteiger partial charge is 0.122 e. The minimum atomic E-state index is 0.132. The lowest BCUT2D eigenvalue weighted by atomic mass is 9.90. The molecule has 3 heteroatoms. The van der Waals surface area contributed by atoms with Crippen LogP contribution in [0.5, 0.6) is 0 Å². The average Bonchev–Trinajstić information content (AvgIpc) is 2.82. The fourth-order valence-electron chi connectivity index (χ4n) is 4.52. The van der Waals surface area contributed by atoms with Crippen LogP contribution in [0.1, 0.15) is 60.9 Å². The predicted octanol–water partition coefficient (Wildman–Crippen LogP) is 6.41. The zero-order chi connectivity index (χ0) is 23.1. The summed E-state index contributed by atoms with van der Waals surface area (Å²) in [7, 11) is 0. The van der Waals surface area contributed by atoms with Crippen LogP contribution in [0.2, 0.25) is 0 Å². The van der Waals surface area contributed by atoms with Crippen molar-refractivity contribution in [1.82, 2.24) is 4.90 Å². The molecule has 4 rings (SSSR count). The Morgan fingerprint density at radius 2 is 1.88 bits per heavy atom. The van der Waals surface area contributed by atoms with Crippen LogP contribution in [-0.4, -0.2) is 23.3 Å². The van der Waals surface area contributed by atoms with Crippen molar-refractivity contribution in [3.8, 4) is 0 Å². The van der Waals surface area contributed by atoms with Crippen molar-refractivity contribution in [3.63, 3.8) is 0 Å². The molecular formula is C29H37N3. The van der Waals surface area contributed by atoms with Crippen molar-refractivity contribution in [1.29, 1.82) is 5.41 Å². The lowest BCUT2D eigenvalue weighted by molar-refractivity contribution is 0.317. The van der Waals surface area contributed by atoms with E-state index in [-0.39, 0.29) is 5.84 Å². The highest BCUT2D eigenvalue weighted by Crippen LogP contribution is 2.33. The molecule has 32 heavy (non-hydrogen) atoms. The number of hydrogen-bond acceptors (Lipinski definition) is 2. The number of allylic oxidation sites excluding steroid dienone is 2. The van der Waals surface area contributed by atoms with Gasteiger partial charge in [0.1, 0.15) is 5.84 Å². The maximum atomic E-state index is 7.14. The second kappa shape index (κ2) is 11.0. The molecule has 0 saturated carbocycles. The molecule has 1 aliphatic carbocycles. The number of benzene rings is 2. The summed E-state index contributed by atoms with van der Waals surface area (Å²) in [5, 5.41) is 7.14. The Morgan fingerprint density at radius 3 is 2.47 bits per heavy atom. The van der Waals surface area contributed by atoms with E-state index in [9.17, 15) is 0 Å². The lowest BCUT2D eigenvalue weighted by Gasteiger charge is -2.40. The van der Waals surface area contributed by atoms with Gasteiger partial charge in [0, 0.05) is 23.4 Å². The van der Waals surface area contributed by atoms with Gasteiger partial charge in [-0.05, 0) is 55.7 Å². The number of fused-ring (bicyclic) bond motifs is 1. The topological polar surface area (TPSA) is 53.1 Å². The number of amidine groups is 1. The van der Waals surface area contributed by atoms with Crippen LogP contribution in [0.15, 0.2) is 72.8 Å². The first-order valence-electron chi connectivity index (χ1n) is 11.8. The lowest BCUT2D eigenvalue weighted by Crippen LogP contribution is -2.38. The first-order chi connectivity index (χ1) is 15.4. The fourth-order valence-corrected chi connectivity index (χ4v) is 4.52.